The third-order valence-corrected chi connectivity index (χ3v) is 3.90. The molecule has 1 saturated heterocycles. The number of hydrogen-bond acceptors (Lipinski definition) is 3. The molecule has 160 valence electrons. The molecule has 1 rings (SSSR count). The van der Waals surface area contributed by atoms with E-state index in [1.165, 1.54) is 0 Å². The molecule has 0 unspecified atom stereocenters. The minimum absolute atomic E-state index is 0. The standard InChI is InChI=1S/C17H31F3N4O2.HI/c1-2-21-16(23-10-7-13-26-14-17(18,19)20)22-9-6-12-24-11-5-3-4-8-15(24)25;/h2-14H2,1H3,(H2,21,22,23);1H. The van der Waals surface area contributed by atoms with Gasteiger partial charge in [0.1, 0.15) is 6.61 Å². The summed E-state index contributed by atoms with van der Waals surface area (Å²) in [6.07, 6.45) is 0.772. The third kappa shape index (κ3) is 14.0. The van der Waals surface area contributed by atoms with Gasteiger partial charge in [-0.05, 0) is 32.6 Å². The number of rotatable bonds is 10. The van der Waals surface area contributed by atoms with Crippen molar-refractivity contribution in [2.45, 2.75) is 51.6 Å². The number of ether oxygens (including phenoxy) is 1. The molecule has 0 aromatic heterocycles. The quantitative estimate of drug-likeness (QED) is 0.206. The lowest BCUT2D eigenvalue weighted by atomic mass is 10.2. The summed E-state index contributed by atoms with van der Waals surface area (Å²) in [5, 5.41) is 6.17. The van der Waals surface area contributed by atoms with Crippen LogP contribution in [0.15, 0.2) is 4.99 Å². The van der Waals surface area contributed by atoms with Gasteiger partial charge in [0.15, 0.2) is 5.96 Å². The maximum Gasteiger partial charge on any atom is 0.411 e. The number of alkyl halides is 3. The molecule has 0 aromatic carbocycles. The molecular weight excluding hydrogens is 476 g/mol. The van der Waals surface area contributed by atoms with Gasteiger partial charge in [0, 0.05) is 45.8 Å². The first-order valence-electron chi connectivity index (χ1n) is 9.37. The SMILES string of the molecule is CCNC(=NCCCN1CCCCCC1=O)NCCCOCC(F)(F)F.I. The average Bonchev–Trinajstić information content (AvgIpc) is 2.78. The van der Waals surface area contributed by atoms with E-state index in [2.05, 4.69) is 20.4 Å². The summed E-state index contributed by atoms with van der Waals surface area (Å²) in [6, 6.07) is 0. The maximum absolute atomic E-state index is 12.0. The first-order chi connectivity index (χ1) is 12.4. The molecular formula is C17H32F3IN4O2. The number of guanidine groups is 1. The fourth-order valence-corrected chi connectivity index (χ4v) is 2.64. The number of hydrogen-bond donors (Lipinski definition) is 2. The monoisotopic (exact) mass is 508 g/mol. The smallest absolute Gasteiger partial charge is 0.372 e. The van der Waals surface area contributed by atoms with E-state index in [0.717, 1.165) is 32.2 Å². The van der Waals surface area contributed by atoms with Crippen LogP contribution < -0.4 is 10.6 Å². The number of nitrogens with zero attached hydrogens (tertiary/aromatic N) is 2. The zero-order valence-electron chi connectivity index (χ0n) is 15.9. The van der Waals surface area contributed by atoms with Gasteiger partial charge in [-0.1, -0.05) is 6.42 Å². The van der Waals surface area contributed by atoms with E-state index >= 15 is 0 Å². The maximum atomic E-state index is 12.0. The Morgan fingerprint density at radius 2 is 2.00 bits per heavy atom. The molecule has 0 atom stereocenters. The van der Waals surface area contributed by atoms with E-state index in [-0.39, 0.29) is 36.5 Å². The number of nitrogens with one attached hydrogen (secondary N) is 2. The minimum atomic E-state index is -4.28. The van der Waals surface area contributed by atoms with Gasteiger partial charge in [0.25, 0.3) is 0 Å². The topological polar surface area (TPSA) is 66.0 Å². The molecule has 0 radical (unpaired) electrons. The van der Waals surface area contributed by atoms with Crippen molar-refractivity contribution in [3.8, 4) is 0 Å². The zero-order chi connectivity index (χ0) is 19.3. The number of aliphatic imine (C=N–C) groups is 1. The van der Waals surface area contributed by atoms with Crippen molar-refractivity contribution in [2.75, 3.05) is 45.9 Å². The predicted molar refractivity (Wildman–Crippen MR) is 111 cm³/mol. The minimum Gasteiger partial charge on any atom is -0.372 e. The lowest BCUT2D eigenvalue weighted by Crippen LogP contribution is -2.38. The van der Waals surface area contributed by atoms with E-state index in [1.54, 1.807) is 0 Å². The zero-order valence-corrected chi connectivity index (χ0v) is 18.3. The van der Waals surface area contributed by atoms with Gasteiger partial charge in [0.2, 0.25) is 5.91 Å². The van der Waals surface area contributed by atoms with Crippen LogP contribution in [-0.2, 0) is 9.53 Å². The Kier molecular flexibility index (Phi) is 14.7. The van der Waals surface area contributed by atoms with Crippen molar-refractivity contribution in [1.82, 2.24) is 15.5 Å². The highest BCUT2D eigenvalue weighted by molar-refractivity contribution is 14.0. The lowest BCUT2D eigenvalue weighted by molar-refractivity contribution is -0.173. The van der Waals surface area contributed by atoms with Crippen molar-refractivity contribution in [3.05, 3.63) is 0 Å². The normalized spacial score (nSPS) is 15.9. The van der Waals surface area contributed by atoms with Crippen LogP contribution in [0.4, 0.5) is 13.2 Å². The molecule has 1 aliphatic heterocycles. The van der Waals surface area contributed by atoms with Gasteiger partial charge in [-0.3, -0.25) is 9.79 Å². The van der Waals surface area contributed by atoms with Gasteiger partial charge < -0.3 is 20.3 Å². The van der Waals surface area contributed by atoms with Crippen LogP contribution in [0.2, 0.25) is 0 Å². The van der Waals surface area contributed by atoms with Crippen LogP contribution in [0.1, 0.15) is 45.4 Å². The van der Waals surface area contributed by atoms with Gasteiger partial charge in [0.05, 0.1) is 0 Å². The highest BCUT2D eigenvalue weighted by Gasteiger charge is 2.27. The fourth-order valence-electron chi connectivity index (χ4n) is 2.64. The van der Waals surface area contributed by atoms with Crippen LogP contribution in [0.3, 0.4) is 0 Å². The predicted octanol–water partition coefficient (Wildman–Crippen LogP) is 2.92. The van der Waals surface area contributed by atoms with E-state index in [1.807, 2.05) is 11.8 Å². The van der Waals surface area contributed by atoms with Gasteiger partial charge >= 0.3 is 6.18 Å². The second-order valence-corrected chi connectivity index (χ2v) is 6.25. The number of carbonyl (C=O) groups excluding carboxylic acids is 1. The Balaban J connectivity index is 0.00000676. The van der Waals surface area contributed by atoms with Crippen LogP contribution in [0, 0.1) is 0 Å². The molecule has 1 heterocycles. The summed E-state index contributed by atoms with van der Waals surface area (Å²) in [5.41, 5.74) is 0. The van der Waals surface area contributed by atoms with E-state index in [9.17, 15) is 18.0 Å². The summed E-state index contributed by atoms with van der Waals surface area (Å²) in [6.45, 7) is 4.09. The largest absolute Gasteiger partial charge is 0.411 e. The van der Waals surface area contributed by atoms with Crippen molar-refractivity contribution >= 4 is 35.8 Å². The van der Waals surface area contributed by atoms with Gasteiger partial charge in [-0.15, -0.1) is 24.0 Å². The average molecular weight is 508 g/mol. The van der Waals surface area contributed by atoms with Crippen LogP contribution in [0.25, 0.3) is 0 Å². The van der Waals surface area contributed by atoms with Crippen molar-refractivity contribution in [3.63, 3.8) is 0 Å². The summed E-state index contributed by atoms with van der Waals surface area (Å²) in [4.78, 5) is 18.3. The molecule has 2 N–H and O–H groups in total. The summed E-state index contributed by atoms with van der Waals surface area (Å²) < 4.78 is 40.4. The highest BCUT2D eigenvalue weighted by atomic mass is 127. The molecule has 27 heavy (non-hydrogen) atoms. The Bertz CT molecular complexity index is 437. The Morgan fingerprint density at radius 1 is 1.22 bits per heavy atom. The second-order valence-electron chi connectivity index (χ2n) is 6.25. The van der Waals surface area contributed by atoms with E-state index < -0.39 is 12.8 Å². The summed E-state index contributed by atoms with van der Waals surface area (Å²) >= 11 is 0. The Hall–Kier alpha value is -0.780. The van der Waals surface area contributed by atoms with Crippen molar-refractivity contribution in [2.24, 2.45) is 4.99 Å². The molecule has 0 aliphatic carbocycles. The molecule has 10 heteroatoms. The first kappa shape index (κ1) is 26.2. The Labute approximate surface area is 176 Å². The van der Waals surface area contributed by atoms with Crippen molar-refractivity contribution < 1.29 is 22.7 Å². The molecule has 1 fully saturated rings. The third-order valence-electron chi connectivity index (χ3n) is 3.90. The van der Waals surface area contributed by atoms with Gasteiger partial charge in [-0.2, -0.15) is 13.2 Å². The highest BCUT2D eigenvalue weighted by Crippen LogP contribution is 2.14. The number of likely N-dealkylation sites (tertiary alicyclic amines) is 1. The van der Waals surface area contributed by atoms with Crippen molar-refractivity contribution in [1.29, 1.82) is 0 Å². The number of amides is 1. The molecule has 6 nitrogen and oxygen atoms in total. The fraction of sp³-hybridized carbons (Fsp3) is 0.882. The Morgan fingerprint density at radius 3 is 2.70 bits per heavy atom. The van der Waals surface area contributed by atoms with Crippen LogP contribution in [0.5, 0.6) is 0 Å². The molecule has 1 amide bonds. The van der Waals surface area contributed by atoms with E-state index in [0.29, 0.717) is 45.0 Å². The van der Waals surface area contributed by atoms with Crippen LogP contribution >= 0.6 is 24.0 Å². The number of halogens is 4. The molecule has 0 spiro atoms. The summed E-state index contributed by atoms with van der Waals surface area (Å²) in [7, 11) is 0. The molecule has 1 aliphatic rings. The molecule has 0 bridgehead atoms. The van der Waals surface area contributed by atoms with E-state index in [4.69, 9.17) is 0 Å². The van der Waals surface area contributed by atoms with Gasteiger partial charge in [-0.25, -0.2) is 0 Å². The second kappa shape index (κ2) is 15.2. The van der Waals surface area contributed by atoms with Crippen LogP contribution in [-0.4, -0.2) is 68.9 Å². The number of carbonyl (C=O) groups is 1. The molecule has 0 saturated carbocycles. The molecule has 0 aromatic rings. The summed E-state index contributed by atoms with van der Waals surface area (Å²) in [5.74, 6) is 0.862. The first-order valence-corrected chi connectivity index (χ1v) is 9.37. The lowest BCUT2D eigenvalue weighted by Gasteiger charge is -2.20.